The molecular formula is C24H28ClNO2. The van der Waals surface area contributed by atoms with Crippen LogP contribution in [0.4, 0.5) is 0 Å². The molecule has 28 heavy (non-hydrogen) atoms. The number of rotatable bonds is 5. The van der Waals surface area contributed by atoms with E-state index in [0.717, 1.165) is 44.0 Å². The van der Waals surface area contributed by atoms with Crippen molar-refractivity contribution in [2.24, 2.45) is 0 Å². The minimum atomic E-state index is 0. The third-order valence-corrected chi connectivity index (χ3v) is 4.48. The van der Waals surface area contributed by atoms with Crippen molar-refractivity contribution in [3.63, 3.8) is 0 Å². The number of methoxy groups -OCH3 is 1. The first kappa shape index (κ1) is 21.8. The molecule has 3 aromatic carbocycles. The molecule has 0 bridgehead atoms. The maximum absolute atomic E-state index is 5.49. The zero-order chi connectivity index (χ0) is 18.7. The van der Waals surface area contributed by atoms with E-state index < -0.39 is 0 Å². The summed E-state index contributed by atoms with van der Waals surface area (Å²) in [5, 5.41) is 3.42. The lowest BCUT2D eigenvalue weighted by atomic mass is 10.1. The number of hydrogen-bond acceptors (Lipinski definition) is 3. The van der Waals surface area contributed by atoms with Crippen LogP contribution < -0.4 is 14.8 Å². The highest BCUT2D eigenvalue weighted by molar-refractivity contribution is 5.85. The van der Waals surface area contributed by atoms with Crippen molar-refractivity contribution in [3.8, 4) is 11.5 Å². The average molecular weight is 398 g/mol. The molecule has 4 rings (SSSR count). The smallest absolute Gasteiger partial charge is 0.126 e. The van der Waals surface area contributed by atoms with Crippen molar-refractivity contribution in [1.29, 1.82) is 0 Å². The minimum absolute atomic E-state index is 0. The van der Waals surface area contributed by atoms with Crippen molar-refractivity contribution in [1.82, 2.24) is 5.32 Å². The predicted molar refractivity (Wildman–Crippen MR) is 117 cm³/mol. The molecule has 0 aliphatic carbocycles. The van der Waals surface area contributed by atoms with Crippen LogP contribution in [0.1, 0.15) is 23.1 Å². The average Bonchev–Trinajstić information content (AvgIpc) is 2.75. The molecule has 0 fully saturated rings. The standard InChI is InChI=1S/C14H15N.C10H12O2.ClH/c1-3-7-13(8-4-1)11-15-12-14-9-5-2-6-10-14;1-11-9-5-2-6-10-8(9)4-3-7-12-10;/h1-10,15H,11-12H2;2,5-6H,3-4,7H2,1H3;1H. The largest absolute Gasteiger partial charge is 0.496 e. The molecule has 148 valence electrons. The third kappa shape index (κ3) is 6.59. The van der Waals surface area contributed by atoms with E-state index in [1.165, 1.54) is 16.7 Å². The molecule has 0 unspecified atom stereocenters. The Morgan fingerprint density at radius 2 is 1.43 bits per heavy atom. The summed E-state index contributed by atoms with van der Waals surface area (Å²) in [6.45, 7) is 2.69. The molecule has 0 spiro atoms. The van der Waals surface area contributed by atoms with Crippen LogP contribution in [0.5, 0.6) is 11.5 Å². The summed E-state index contributed by atoms with van der Waals surface area (Å²) < 4.78 is 10.7. The summed E-state index contributed by atoms with van der Waals surface area (Å²) in [5.41, 5.74) is 3.87. The fraction of sp³-hybridized carbons (Fsp3) is 0.250. The van der Waals surface area contributed by atoms with Crippen molar-refractivity contribution in [3.05, 3.63) is 95.6 Å². The number of benzene rings is 3. The van der Waals surface area contributed by atoms with Gasteiger partial charge in [-0.3, -0.25) is 0 Å². The molecular weight excluding hydrogens is 370 g/mol. The van der Waals surface area contributed by atoms with Gasteiger partial charge in [0.15, 0.2) is 0 Å². The van der Waals surface area contributed by atoms with Crippen molar-refractivity contribution >= 4 is 12.4 Å². The number of nitrogens with one attached hydrogen (secondary N) is 1. The third-order valence-electron chi connectivity index (χ3n) is 4.48. The van der Waals surface area contributed by atoms with Crippen LogP contribution in [-0.2, 0) is 19.5 Å². The lowest BCUT2D eigenvalue weighted by Crippen LogP contribution is -2.12. The number of fused-ring (bicyclic) bond motifs is 1. The molecule has 0 amide bonds. The van der Waals surface area contributed by atoms with Crippen molar-refractivity contribution in [2.45, 2.75) is 25.9 Å². The van der Waals surface area contributed by atoms with Gasteiger partial charge in [0, 0.05) is 18.7 Å². The second-order valence-corrected chi connectivity index (χ2v) is 6.46. The lowest BCUT2D eigenvalue weighted by molar-refractivity contribution is 0.282. The quantitative estimate of drug-likeness (QED) is 0.623. The second-order valence-electron chi connectivity index (χ2n) is 6.46. The van der Waals surface area contributed by atoms with E-state index in [9.17, 15) is 0 Å². The summed E-state index contributed by atoms with van der Waals surface area (Å²) >= 11 is 0. The van der Waals surface area contributed by atoms with Crippen LogP contribution in [0.25, 0.3) is 0 Å². The topological polar surface area (TPSA) is 30.5 Å². The van der Waals surface area contributed by atoms with E-state index in [2.05, 4.69) is 53.8 Å². The minimum Gasteiger partial charge on any atom is -0.496 e. The van der Waals surface area contributed by atoms with Crippen LogP contribution in [0.15, 0.2) is 78.9 Å². The Hall–Kier alpha value is -2.49. The maximum atomic E-state index is 5.49. The highest BCUT2D eigenvalue weighted by Gasteiger charge is 2.13. The molecule has 1 aliphatic rings. The molecule has 4 heteroatoms. The summed E-state index contributed by atoms with van der Waals surface area (Å²) in [5.74, 6) is 1.94. The van der Waals surface area contributed by atoms with Gasteiger partial charge in [0.2, 0.25) is 0 Å². The molecule has 0 radical (unpaired) electrons. The summed E-state index contributed by atoms with van der Waals surface area (Å²) in [6, 6.07) is 26.8. The van der Waals surface area contributed by atoms with Gasteiger partial charge in [0.25, 0.3) is 0 Å². The first-order valence-corrected chi connectivity index (χ1v) is 9.44. The number of ether oxygens (including phenoxy) is 2. The van der Waals surface area contributed by atoms with E-state index in [-0.39, 0.29) is 12.4 Å². The van der Waals surface area contributed by atoms with Gasteiger partial charge in [-0.25, -0.2) is 0 Å². The first-order valence-electron chi connectivity index (χ1n) is 9.44. The van der Waals surface area contributed by atoms with Gasteiger partial charge in [0.1, 0.15) is 11.5 Å². The lowest BCUT2D eigenvalue weighted by Gasteiger charge is -2.18. The highest BCUT2D eigenvalue weighted by Crippen LogP contribution is 2.32. The van der Waals surface area contributed by atoms with Crippen LogP contribution in [-0.4, -0.2) is 13.7 Å². The van der Waals surface area contributed by atoms with Gasteiger partial charge in [-0.2, -0.15) is 0 Å². The van der Waals surface area contributed by atoms with Crippen LogP contribution >= 0.6 is 12.4 Å². The highest BCUT2D eigenvalue weighted by atomic mass is 35.5. The van der Waals surface area contributed by atoms with Crippen molar-refractivity contribution < 1.29 is 9.47 Å². The van der Waals surface area contributed by atoms with Crippen LogP contribution in [0, 0.1) is 0 Å². The molecule has 1 heterocycles. The Balaban J connectivity index is 0.000000198. The predicted octanol–water partition coefficient (Wildman–Crippen LogP) is 5.42. The zero-order valence-electron chi connectivity index (χ0n) is 16.3. The van der Waals surface area contributed by atoms with Gasteiger partial charge in [-0.05, 0) is 36.1 Å². The van der Waals surface area contributed by atoms with Crippen LogP contribution in [0.3, 0.4) is 0 Å². The normalized spacial score (nSPS) is 11.8. The molecule has 0 atom stereocenters. The molecule has 1 N–H and O–H groups in total. The summed E-state index contributed by atoms with van der Waals surface area (Å²) in [6.07, 6.45) is 2.16. The molecule has 0 aromatic heterocycles. The van der Waals surface area contributed by atoms with Gasteiger partial charge in [-0.15, -0.1) is 12.4 Å². The Morgan fingerprint density at radius 1 is 0.821 bits per heavy atom. The Kier molecular flexibility index (Phi) is 9.40. The van der Waals surface area contributed by atoms with E-state index in [0.29, 0.717) is 0 Å². The Morgan fingerprint density at radius 3 is 2.00 bits per heavy atom. The molecule has 3 nitrogen and oxygen atoms in total. The van der Waals surface area contributed by atoms with E-state index >= 15 is 0 Å². The Labute approximate surface area is 174 Å². The number of halogens is 1. The van der Waals surface area contributed by atoms with Crippen molar-refractivity contribution in [2.75, 3.05) is 13.7 Å². The van der Waals surface area contributed by atoms with Crippen LogP contribution in [0.2, 0.25) is 0 Å². The Bertz CT molecular complexity index is 756. The summed E-state index contributed by atoms with van der Waals surface area (Å²) in [4.78, 5) is 0. The maximum Gasteiger partial charge on any atom is 0.126 e. The molecule has 3 aromatic rings. The fourth-order valence-corrected chi connectivity index (χ4v) is 3.09. The molecule has 1 aliphatic heterocycles. The SMILES string of the molecule is COc1cccc2c1CCCO2.Cl.c1ccc(CNCc2ccccc2)cc1. The van der Waals surface area contributed by atoms with Gasteiger partial charge in [-0.1, -0.05) is 66.7 Å². The van der Waals surface area contributed by atoms with Gasteiger partial charge >= 0.3 is 0 Å². The van der Waals surface area contributed by atoms with E-state index in [1.807, 2.05) is 30.3 Å². The fourth-order valence-electron chi connectivity index (χ4n) is 3.09. The molecule has 0 saturated heterocycles. The van der Waals surface area contributed by atoms with E-state index in [4.69, 9.17) is 9.47 Å². The summed E-state index contributed by atoms with van der Waals surface area (Å²) in [7, 11) is 1.70. The van der Waals surface area contributed by atoms with E-state index in [1.54, 1.807) is 7.11 Å². The van der Waals surface area contributed by atoms with Gasteiger partial charge in [0.05, 0.1) is 13.7 Å². The second kappa shape index (κ2) is 12.1. The number of hydrogen-bond donors (Lipinski definition) is 1. The first-order chi connectivity index (χ1) is 13.4. The van der Waals surface area contributed by atoms with Gasteiger partial charge < -0.3 is 14.8 Å². The zero-order valence-corrected chi connectivity index (χ0v) is 17.1. The monoisotopic (exact) mass is 397 g/mol. The molecule has 0 saturated carbocycles.